The van der Waals surface area contributed by atoms with Crippen LogP contribution in [-0.4, -0.2) is 68.5 Å². The molecule has 2 rings (SSSR count). The van der Waals surface area contributed by atoms with Crippen molar-refractivity contribution >= 4 is 15.7 Å². The number of hydrogen-bond donors (Lipinski definition) is 1. The first-order chi connectivity index (χ1) is 11.0. The van der Waals surface area contributed by atoms with Gasteiger partial charge in [0.05, 0.1) is 30.9 Å². The summed E-state index contributed by atoms with van der Waals surface area (Å²) < 4.78 is 28.4. The van der Waals surface area contributed by atoms with E-state index >= 15 is 0 Å². The molecule has 2 heterocycles. The molecule has 1 aromatic rings. The summed E-state index contributed by atoms with van der Waals surface area (Å²) in [5, 5.41) is 2.82. The summed E-state index contributed by atoms with van der Waals surface area (Å²) >= 11 is 0. The molecule has 7 nitrogen and oxygen atoms in total. The number of amides is 1. The van der Waals surface area contributed by atoms with Crippen LogP contribution in [0.1, 0.15) is 12.8 Å². The Morgan fingerprint density at radius 2 is 2.35 bits per heavy atom. The Balaban J connectivity index is 1.58. The van der Waals surface area contributed by atoms with E-state index < -0.39 is 9.84 Å². The topological polar surface area (TPSA) is 88.6 Å². The third-order valence-electron chi connectivity index (χ3n) is 3.77. The highest BCUT2D eigenvalue weighted by Crippen LogP contribution is 2.15. The Bertz CT molecular complexity index is 606. The number of likely N-dealkylation sites (N-methyl/N-ethyl adjacent to an activating group) is 1. The predicted molar refractivity (Wildman–Crippen MR) is 87.0 cm³/mol. The van der Waals surface area contributed by atoms with Crippen LogP contribution in [0.15, 0.2) is 24.5 Å². The number of ether oxygens (including phenoxy) is 1. The highest BCUT2D eigenvalue weighted by atomic mass is 32.2. The van der Waals surface area contributed by atoms with Gasteiger partial charge in [0.15, 0.2) is 9.84 Å². The first-order valence-corrected chi connectivity index (χ1v) is 9.48. The minimum atomic E-state index is -2.92. The van der Waals surface area contributed by atoms with Gasteiger partial charge in [-0.3, -0.25) is 14.7 Å². The molecule has 1 saturated heterocycles. The van der Waals surface area contributed by atoms with Crippen LogP contribution < -0.4 is 10.1 Å². The van der Waals surface area contributed by atoms with E-state index in [1.165, 1.54) is 0 Å². The van der Waals surface area contributed by atoms with Crippen LogP contribution in [0.4, 0.5) is 0 Å². The van der Waals surface area contributed by atoms with Gasteiger partial charge in [-0.25, -0.2) is 8.42 Å². The Morgan fingerprint density at radius 3 is 3.00 bits per heavy atom. The maximum absolute atomic E-state index is 11.9. The molecular weight excluding hydrogens is 318 g/mol. The van der Waals surface area contributed by atoms with E-state index in [-0.39, 0.29) is 30.0 Å². The normalized spacial score (nSPS) is 19.7. The molecule has 0 aliphatic carbocycles. The zero-order valence-electron chi connectivity index (χ0n) is 13.3. The minimum absolute atomic E-state index is 0.0559. The highest BCUT2D eigenvalue weighted by molar-refractivity contribution is 7.91. The van der Waals surface area contributed by atoms with E-state index in [4.69, 9.17) is 4.74 Å². The molecule has 0 aromatic carbocycles. The lowest BCUT2D eigenvalue weighted by Crippen LogP contribution is -2.41. The summed E-state index contributed by atoms with van der Waals surface area (Å²) in [5.74, 6) is 0.976. The van der Waals surface area contributed by atoms with Crippen LogP contribution in [-0.2, 0) is 14.6 Å². The zero-order valence-corrected chi connectivity index (χ0v) is 14.1. The molecule has 1 amide bonds. The van der Waals surface area contributed by atoms with Gasteiger partial charge in [-0.15, -0.1) is 0 Å². The molecule has 1 fully saturated rings. The van der Waals surface area contributed by atoms with Crippen LogP contribution in [0.3, 0.4) is 0 Å². The van der Waals surface area contributed by atoms with Gasteiger partial charge in [-0.05, 0) is 32.0 Å². The second-order valence-corrected chi connectivity index (χ2v) is 7.94. The van der Waals surface area contributed by atoms with Crippen molar-refractivity contribution in [1.82, 2.24) is 15.2 Å². The molecule has 23 heavy (non-hydrogen) atoms. The third kappa shape index (κ3) is 6.15. The van der Waals surface area contributed by atoms with Crippen LogP contribution in [0.2, 0.25) is 0 Å². The zero-order chi connectivity index (χ0) is 16.7. The number of nitrogens with one attached hydrogen (secondary N) is 1. The molecule has 1 unspecified atom stereocenters. The minimum Gasteiger partial charge on any atom is -0.492 e. The molecular formula is C15H23N3O4S. The lowest BCUT2D eigenvalue weighted by Gasteiger charge is -2.22. The number of pyridine rings is 1. The van der Waals surface area contributed by atoms with Gasteiger partial charge in [0.1, 0.15) is 5.75 Å². The van der Waals surface area contributed by atoms with Gasteiger partial charge in [0.2, 0.25) is 5.91 Å². The van der Waals surface area contributed by atoms with Gasteiger partial charge in [0, 0.05) is 18.8 Å². The smallest absolute Gasteiger partial charge is 0.234 e. The Kier molecular flexibility index (Phi) is 6.35. The number of nitrogens with zero attached hydrogens (tertiary/aromatic N) is 2. The van der Waals surface area contributed by atoms with Gasteiger partial charge in [-0.2, -0.15) is 0 Å². The quantitative estimate of drug-likeness (QED) is 0.674. The number of aromatic nitrogens is 1. The molecule has 1 aliphatic heterocycles. The standard InChI is InChI=1S/C15H23N3O4S/c1-18(13-5-9-23(20,21)12-13)11-15(19)17-7-3-8-22-14-4-2-6-16-10-14/h2,4,6,10,13H,3,5,7-9,11-12H2,1H3,(H,17,19). The van der Waals surface area contributed by atoms with E-state index in [1.54, 1.807) is 25.5 Å². The monoisotopic (exact) mass is 341 g/mol. The second-order valence-electron chi connectivity index (χ2n) is 5.71. The first kappa shape index (κ1) is 17.7. The van der Waals surface area contributed by atoms with E-state index in [2.05, 4.69) is 10.3 Å². The lowest BCUT2D eigenvalue weighted by molar-refractivity contribution is -0.122. The number of carbonyl (C=O) groups excluding carboxylic acids is 1. The summed E-state index contributed by atoms with van der Waals surface area (Å²) in [7, 11) is -1.13. The number of hydrogen-bond acceptors (Lipinski definition) is 6. The second kappa shape index (κ2) is 8.26. The summed E-state index contributed by atoms with van der Waals surface area (Å²) in [6, 6.07) is 3.58. The molecule has 8 heteroatoms. The Hall–Kier alpha value is -1.67. The summed E-state index contributed by atoms with van der Waals surface area (Å²) in [5.41, 5.74) is 0. The fourth-order valence-corrected chi connectivity index (χ4v) is 4.26. The number of sulfone groups is 1. The van der Waals surface area contributed by atoms with Crippen LogP contribution >= 0.6 is 0 Å². The largest absolute Gasteiger partial charge is 0.492 e. The van der Waals surface area contributed by atoms with Crippen molar-refractivity contribution < 1.29 is 17.9 Å². The number of carbonyl (C=O) groups is 1. The van der Waals surface area contributed by atoms with Crippen molar-refractivity contribution in [1.29, 1.82) is 0 Å². The molecule has 0 saturated carbocycles. The van der Waals surface area contributed by atoms with Gasteiger partial charge >= 0.3 is 0 Å². The van der Waals surface area contributed by atoms with Crippen LogP contribution in [0.5, 0.6) is 5.75 Å². The fourth-order valence-electron chi connectivity index (χ4n) is 2.46. The van der Waals surface area contributed by atoms with E-state index in [9.17, 15) is 13.2 Å². The average Bonchev–Trinajstić information content (AvgIpc) is 2.88. The fraction of sp³-hybridized carbons (Fsp3) is 0.600. The highest BCUT2D eigenvalue weighted by Gasteiger charge is 2.31. The van der Waals surface area contributed by atoms with Crippen molar-refractivity contribution in [3.05, 3.63) is 24.5 Å². The maximum atomic E-state index is 11.9. The average molecular weight is 341 g/mol. The Morgan fingerprint density at radius 1 is 1.52 bits per heavy atom. The molecule has 0 bridgehead atoms. The SMILES string of the molecule is CN(CC(=O)NCCCOc1cccnc1)C1CCS(=O)(=O)C1. The van der Waals surface area contributed by atoms with E-state index in [1.807, 2.05) is 11.0 Å². The van der Waals surface area contributed by atoms with Crippen molar-refractivity contribution in [2.24, 2.45) is 0 Å². The van der Waals surface area contributed by atoms with Crippen LogP contribution in [0.25, 0.3) is 0 Å². The molecule has 1 atom stereocenters. The van der Waals surface area contributed by atoms with Crippen molar-refractivity contribution in [3.63, 3.8) is 0 Å². The van der Waals surface area contributed by atoms with Gasteiger partial charge in [-0.1, -0.05) is 0 Å². The summed E-state index contributed by atoms with van der Waals surface area (Å²) in [6.45, 7) is 1.24. The van der Waals surface area contributed by atoms with Crippen molar-refractivity contribution in [2.75, 3.05) is 38.2 Å². The molecule has 1 N–H and O–H groups in total. The number of rotatable bonds is 8. The molecule has 1 aromatic heterocycles. The molecule has 1 aliphatic rings. The van der Waals surface area contributed by atoms with Gasteiger partial charge in [0.25, 0.3) is 0 Å². The maximum Gasteiger partial charge on any atom is 0.234 e. The van der Waals surface area contributed by atoms with Crippen molar-refractivity contribution in [3.8, 4) is 5.75 Å². The summed E-state index contributed by atoms with van der Waals surface area (Å²) in [4.78, 5) is 17.6. The van der Waals surface area contributed by atoms with Crippen molar-refractivity contribution in [2.45, 2.75) is 18.9 Å². The predicted octanol–water partition coefficient (Wildman–Crippen LogP) is 0.0856. The third-order valence-corrected chi connectivity index (χ3v) is 5.52. The molecule has 128 valence electrons. The van der Waals surface area contributed by atoms with E-state index in [0.717, 1.165) is 0 Å². The lowest BCUT2D eigenvalue weighted by atomic mass is 10.2. The summed E-state index contributed by atoms with van der Waals surface area (Å²) in [6.07, 6.45) is 4.62. The Labute approximate surface area is 137 Å². The molecule has 0 spiro atoms. The first-order valence-electron chi connectivity index (χ1n) is 7.66. The molecule has 0 radical (unpaired) electrons. The van der Waals surface area contributed by atoms with E-state index in [0.29, 0.717) is 31.7 Å². The van der Waals surface area contributed by atoms with Gasteiger partial charge < -0.3 is 10.1 Å². The van der Waals surface area contributed by atoms with Crippen LogP contribution in [0, 0.1) is 0 Å².